The van der Waals surface area contributed by atoms with Crippen molar-refractivity contribution in [2.24, 2.45) is 0 Å². The van der Waals surface area contributed by atoms with Crippen LogP contribution in [0.4, 0.5) is 0 Å². The van der Waals surface area contributed by atoms with Crippen molar-refractivity contribution in [2.45, 2.75) is 20.1 Å². The highest BCUT2D eigenvalue weighted by molar-refractivity contribution is 5.71. The molecule has 2 N–H and O–H groups in total. The number of carbonyl (C=O) groups is 1. The molecule has 0 saturated heterocycles. The summed E-state index contributed by atoms with van der Waals surface area (Å²) in [5, 5.41) is 11.6. The highest BCUT2D eigenvalue weighted by Crippen LogP contribution is 2.06. The van der Waals surface area contributed by atoms with Crippen molar-refractivity contribution >= 4 is 5.97 Å². The van der Waals surface area contributed by atoms with E-state index in [-0.39, 0.29) is 19.1 Å². The molecule has 0 unspecified atom stereocenters. The Morgan fingerprint density at radius 2 is 2.27 bits per heavy atom. The average molecular weight is 213 g/mol. The molecule has 5 heteroatoms. The minimum atomic E-state index is -0.286. The van der Waals surface area contributed by atoms with Crippen molar-refractivity contribution in [3.05, 3.63) is 23.7 Å². The molecule has 0 bridgehead atoms. The Labute approximate surface area is 88.0 Å². The van der Waals surface area contributed by atoms with Crippen molar-refractivity contribution in [2.75, 3.05) is 13.2 Å². The van der Waals surface area contributed by atoms with Crippen LogP contribution >= 0.6 is 0 Å². The third-order valence-corrected chi connectivity index (χ3v) is 1.75. The normalized spacial score (nSPS) is 10.3. The second kappa shape index (κ2) is 6.21. The summed E-state index contributed by atoms with van der Waals surface area (Å²) in [5.41, 5.74) is 0. The first kappa shape index (κ1) is 11.7. The highest BCUT2D eigenvalue weighted by Gasteiger charge is 2.03. The quantitative estimate of drug-likeness (QED) is 0.670. The lowest BCUT2D eigenvalue weighted by Gasteiger charge is -2.02. The van der Waals surface area contributed by atoms with Gasteiger partial charge in [-0.15, -0.1) is 0 Å². The van der Waals surface area contributed by atoms with E-state index in [4.69, 9.17) is 14.3 Å². The molecule has 0 radical (unpaired) electrons. The number of hydrogen-bond acceptors (Lipinski definition) is 5. The molecular weight excluding hydrogens is 198 g/mol. The predicted molar refractivity (Wildman–Crippen MR) is 53.0 cm³/mol. The van der Waals surface area contributed by atoms with E-state index < -0.39 is 0 Å². The van der Waals surface area contributed by atoms with Crippen LogP contribution < -0.4 is 5.32 Å². The summed E-state index contributed by atoms with van der Waals surface area (Å²) in [6, 6.07) is 3.45. The van der Waals surface area contributed by atoms with E-state index in [1.54, 1.807) is 19.1 Å². The van der Waals surface area contributed by atoms with Gasteiger partial charge in [0.2, 0.25) is 0 Å². The zero-order chi connectivity index (χ0) is 11.1. The van der Waals surface area contributed by atoms with Gasteiger partial charge in [-0.1, -0.05) is 0 Å². The molecule has 0 amide bonds. The van der Waals surface area contributed by atoms with Crippen LogP contribution in [-0.2, 0) is 22.7 Å². The topological polar surface area (TPSA) is 71.7 Å². The van der Waals surface area contributed by atoms with Gasteiger partial charge < -0.3 is 14.3 Å². The Balaban J connectivity index is 2.22. The molecule has 15 heavy (non-hydrogen) atoms. The summed E-state index contributed by atoms with van der Waals surface area (Å²) in [6.07, 6.45) is 0. The van der Waals surface area contributed by atoms with E-state index in [0.29, 0.717) is 24.7 Å². The lowest BCUT2D eigenvalue weighted by Crippen LogP contribution is -2.24. The molecule has 0 atom stereocenters. The van der Waals surface area contributed by atoms with Gasteiger partial charge in [0, 0.05) is 0 Å². The Morgan fingerprint density at radius 3 is 2.87 bits per heavy atom. The zero-order valence-electron chi connectivity index (χ0n) is 8.66. The molecule has 1 heterocycles. The summed E-state index contributed by atoms with van der Waals surface area (Å²) in [4.78, 5) is 10.9. The zero-order valence-corrected chi connectivity index (χ0v) is 8.66. The van der Waals surface area contributed by atoms with E-state index in [1.807, 2.05) is 0 Å². The van der Waals surface area contributed by atoms with Gasteiger partial charge in [-0.2, -0.15) is 0 Å². The number of ether oxygens (including phenoxy) is 1. The van der Waals surface area contributed by atoms with Crippen LogP contribution in [0.15, 0.2) is 16.5 Å². The summed E-state index contributed by atoms with van der Waals surface area (Å²) >= 11 is 0. The molecule has 0 aromatic carbocycles. The Hall–Kier alpha value is -1.33. The first-order chi connectivity index (χ1) is 7.26. The van der Waals surface area contributed by atoms with Crippen molar-refractivity contribution in [3.8, 4) is 0 Å². The van der Waals surface area contributed by atoms with Crippen molar-refractivity contribution in [1.29, 1.82) is 0 Å². The second-order valence-corrected chi connectivity index (χ2v) is 2.93. The molecule has 0 spiro atoms. The van der Waals surface area contributed by atoms with E-state index in [9.17, 15) is 4.79 Å². The molecule has 1 aromatic heterocycles. The molecule has 0 aliphatic heterocycles. The van der Waals surface area contributed by atoms with Gasteiger partial charge in [0.25, 0.3) is 0 Å². The summed E-state index contributed by atoms with van der Waals surface area (Å²) in [7, 11) is 0. The maximum atomic E-state index is 10.9. The monoisotopic (exact) mass is 213 g/mol. The van der Waals surface area contributed by atoms with E-state index in [2.05, 4.69) is 5.32 Å². The average Bonchev–Trinajstić information content (AvgIpc) is 2.66. The van der Waals surface area contributed by atoms with Crippen LogP contribution in [0.1, 0.15) is 18.4 Å². The third kappa shape index (κ3) is 4.14. The largest absolute Gasteiger partial charge is 0.465 e. The lowest BCUT2D eigenvalue weighted by molar-refractivity contribution is -0.142. The van der Waals surface area contributed by atoms with Gasteiger partial charge in [-0.3, -0.25) is 10.1 Å². The third-order valence-electron chi connectivity index (χ3n) is 1.75. The molecule has 0 aliphatic carbocycles. The lowest BCUT2D eigenvalue weighted by atomic mass is 10.4. The van der Waals surface area contributed by atoms with E-state index in [0.717, 1.165) is 0 Å². The Morgan fingerprint density at radius 1 is 1.53 bits per heavy atom. The first-order valence-electron chi connectivity index (χ1n) is 4.81. The van der Waals surface area contributed by atoms with Gasteiger partial charge in [0.05, 0.1) is 19.7 Å². The molecule has 1 rings (SSSR count). The van der Waals surface area contributed by atoms with Crippen LogP contribution in [0.25, 0.3) is 0 Å². The Bertz CT molecular complexity index is 308. The molecule has 0 fully saturated rings. The summed E-state index contributed by atoms with van der Waals surface area (Å²) < 4.78 is 9.94. The molecule has 0 aliphatic rings. The van der Waals surface area contributed by atoms with E-state index in [1.165, 1.54) is 0 Å². The van der Waals surface area contributed by atoms with Crippen LogP contribution in [0.3, 0.4) is 0 Å². The van der Waals surface area contributed by atoms with Gasteiger partial charge in [-0.25, -0.2) is 0 Å². The predicted octanol–water partition coefficient (Wildman–Crippen LogP) is 0.425. The fourth-order valence-corrected chi connectivity index (χ4v) is 1.10. The SMILES string of the molecule is CCOC(=O)CNCc1ccc(CO)o1. The van der Waals surface area contributed by atoms with Gasteiger partial charge >= 0.3 is 5.97 Å². The molecular formula is C10H15NO4. The van der Waals surface area contributed by atoms with Crippen molar-refractivity contribution in [1.82, 2.24) is 5.32 Å². The second-order valence-electron chi connectivity index (χ2n) is 2.93. The standard InChI is InChI=1S/C10H15NO4/c1-2-14-10(13)6-11-5-8-3-4-9(7-12)15-8/h3-4,11-12H,2,5-7H2,1H3. The number of furan rings is 1. The van der Waals surface area contributed by atoms with Crippen LogP contribution in [0, 0.1) is 0 Å². The number of aliphatic hydroxyl groups excluding tert-OH is 1. The number of esters is 1. The number of rotatable bonds is 6. The van der Waals surface area contributed by atoms with Crippen LogP contribution in [0.5, 0.6) is 0 Å². The van der Waals surface area contributed by atoms with Gasteiger partial charge in [0.15, 0.2) is 0 Å². The fourth-order valence-electron chi connectivity index (χ4n) is 1.10. The smallest absolute Gasteiger partial charge is 0.319 e. The minimum absolute atomic E-state index is 0.113. The number of hydrogen-bond donors (Lipinski definition) is 2. The van der Waals surface area contributed by atoms with Gasteiger partial charge in [-0.05, 0) is 19.1 Å². The van der Waals surface area contributed by atoms with E-state index >= 15 is 0 Å². The Kier molecular flexibility index (Phi) is 4.86. The first-order valence-corrected chi connectivity index (χ1v) is 4.81. The summed E-state index contributed by atoms with van der Waals surface area (Å²) in [5.74, 6) is 0.915. The van der Waals surface area contributed by atoms with Crippen molar-refractivity contribution < 1.29 is 19.1 Å². The minimum Gasteiger partial charge on any atom is -0.465 e. The highest BCUT2D eigenvalue weighted by atomic mass is 16.5. The number of aliphatic hydroxyl groups is 1. The number of carbonyl (C=O) groups excluding carboxylic acids is 1. The van der Waals surface area contributed by atoms with Gasteiger partial charge in [0.1, 0.15) is 18.1 Å². The van der Waals surface area contributed by atoms with Crippen LogP contribution in [0.2, 0.25) is 0 Å². The fraction of sp³-hybridized carbons (Fsp3) is 0.500. The molecule has 5 nitrogen and oxygen atoms in total. The molecule has 1 aromatic rings. The molecule has 84 valence electrons. The maximum Gasteiger partial charge on any atom is 0.319 e. The van der Waals surface area contributed by atoms with Crippen molar-refractivity contribution in [3.63, 3.8) is 0 Å². The summed E-state index contributed by atoms with van der Waals surface area (Å²) in [6.45, 7) is 2.63. The number of nitrogens with one attached hydrogen (secondary N) is 1. The van der Waals surface area contributed by atoms with Crippen LogP contribution in [-0.4, -0.2) is 24.2 Å². The molecule has 0 saturated carbocycles. The maximum absolute atomic E-state index is 10.9.